The molecule has 1 saturated heterocycles. The van der Waals surface area contributed by atoms with Crippen LogP contribution in [-0.4, -0.2) is 41.3 Å². The predicted molar refractivity (Wildman–Crippen MR) is 66.2 cm³/mol. The van der Waals surface area contributed by atoms with Gasteiger partial charge in [-0.15, -0.1) is 0 Å². The van der Waals surface area contributed by atoms with E-state index in [1.54, 1.807) is 0 Å². The third-order valence-electron chi connectivity index (χ3n) is 4.65. The topological polar surface area (TPSA) is 49.5 Å². The summed E-state index contributed by atoms with van der Waals surface area (Å²) >= 11 is 0. The molecule has 1 heterocycles. The number of hydrogen-bond acceptors (Lipinski definition) is 3. The molecule has 16 heavy (non-hydrogen) atoms. The highest BCUT2D eigenvalue weighted by Crippen LogP contribution is 2.37. The van der Waals surface area contributed by atoms with Gasteiger partial charge in [0.1, 0.15) is 0 Å². The molecule has 1 aliphatic carbocycles. The summed E-state index contributed by atoms with van der Waals surface area (Å²) < 4.78 is 0. The molecular weight excluding hydrogens is 200 g/mol. The van der Waals surface area contributed by atoms with E-state index in [1.165, 1.54) is 25.8 Å². The van der Waals surface area contributed by atoms with Crippen LogP contribution in [0, 0.1) is 5.92 Å². The Kier molecular flexibility index (Phi) is 3.88. The predicted octanol–water partition coefficient (Wildman–Crippen LogP) is 1.35. The van der Waals surface area contributed by atoms with Gasteiger partial charge in [0, 0.05) is 19.1 Å². The van der Waals surface area contributed by atoms with E-state index in [9.17, 15) is 5.11 Å². The smallest absolute Gasteiger partial charge is 0.0767 e. The number of nitrogens with zero attached hydrogens (tertiary/aromatic N) is 1. The normalized spacial score (nSPS) is 33.2. The van der Waals surface area contributed by atoms with Gasteiger partial charge in [0.05, 0.1) is 5.60 Å². The van der Waals surface area contributed by atoms with E-state index in [0.717, 1.165) is 37.8 Å². The van der Waals surface area contributed by atoms with Crippen molar-refractivity contribution in [2.75, 3.05) is 19.6 Å². The lowest BCUT2D eigenvalue weighted by molar-refractivity contribution is 0.0306. The zero-order valence-corrected chi connectivity index (χ0v) is 10.5. The molecule has 3 atom stereocenters. The number of piperidine rings is 1. The summed E-state index contributed by atoms with van der Waals surface area (Å²) in [5.41, 5.74) is 5.00. The van der Waals surface area contributed by atoms with E-state index in [4.69, 9.17) is 5.73 Å². The Hall–Kier alpha value is -0.120. The summed E-state index contributed by atoms with van der Waals surface area (Å²) in [6.07, 6.45) is 6.99. The highest BCUT2D eigenvalue weighted by Gasteiger charge is 2.37. The summed E-state index contributed by atoms with van der Waals surface area (Å²) in [5.74, 6) is 0.976. The van der Waals surface area contributed by atoms with Crippen molar-refractivity contribution >= 4 is 0 Å². The third kappa shape index (κ3) is 2.58. The van der Waals surface area contributed by atoms with E-state index in [0.29, 0.717) is 6.54 Å². The van der Waals surface area contributed by atoms with Crippen molar-refractivity contribution in [3.05, 3.63) is 0 Å². The minimum absolute atomic E-state index is 0.398. The summed E-state index contributed by atoms with van der Waals surface area (Å²) in [6.45, 7) is 4.88. The largest absolute Gasteiger partial charge is 0.389 e. The van der Waals surface area contributed by atoms with Crippen molar-refractivity contribution in [2.45, 2.75) is 57.1 Å². The maximum absolute atomic E-state index is 10.1. The fourth-order valence-corrected chi connectivity index (χ4v) is 3.33. The lowest BCUT2D eigenvalue weighted by Crippen LogP contribution is -2.39. The second kappa shape index (κ2) is 5.03. The van der Waals surface area contributed by atoms with Crippen LogP contribution in [0.4, 0.5) is 0 Å². The molecule has 0 aromatic carbocycles. The Bertz CT molecular complexity index is 228. The average Bonchev–Trinajstić information content (AvgIpc) is 2.91. The van der Waals surface area contributed by atoms with Crippen molar-refractivity contribution in [1.29, 1.82) is 0 Å². The molecule has 1 saturated carbocycles. The first-order chi connectivity index (χ1) is 7.67. The van der Waals surface area contributed by atoms with Crippen molar-refractivity contribution in [3.63, 3.8) is 0 Å². The minimum atomic E-state index is -0.612. The number of fused-ring (bicyclic) bond motifs is 2. The maximum Gasteiger partial charge on any atom is 0.0767 e. The average molecular weight is 226 g/mol. The molecule has 2 bridgehead atoms. The van der Waals surface area contributed by atoms with E-state index < -0.39 is 5.60 Å². The zero-order chi connectivity index (χ0) is 11.6. The molecule has 94 valence electrons. The maximum atomic E-state index is 10.1. The molecule has 0 amide bonds. The standard InChI is InChI=1S/C13H26N2O/c1-2-13(16,10-14)6-3-7-15-9-11-4-5-12(15)8-11/h11-12,16H,2-10,14H2,1H3. The Morgan fingerprint density at radius 2 is 2.25 bits per heavy atom. The first-order valence-corrected chi connectivity index (χ1v) is 6.83. The number of hydrogen-bond donors (Lipinski definition) is 2. The van der Waals surface area contributed by atoms with Crippen molar-refractivity contribution in [2.24, 2.45) is 11.7 Å². The monoisotopic (exact) mass is 226 g/mol. The van der Waals surface area contributed by atoms with Gasteiger partial charge in [0.2, 0.25) is 0 Å². The van der Waals surface area contributed by atoms with E-state index >= 15 is 0 Å². The molecule has 2 rings (SSSR count). The van der Waals surface area contributed by atoms with Crippen LogP contribution in [0.15, 0.2) is 0 Å². The summed E-state index contributed by atoms with van der Waals surface area (Å²) in [7, 11) is 0. The van der Waals surface area contributed by atoms with E-state index in [1.807, 2.05) is 6.92 Å². The second-order valence-electron chi connectivity index (χ2n) is 5.71. The van der Waals surface area contributed by atoms with Crippen LogP contribution in [0.5, 0.6) is 0 Å². The third-order valence-corrected chi connectivity index (χ3v) is 4.65. The van der Waals surface area contributed by atoms with Crippen LogP contribution in [0.1, 0.15) is 45.4 Å². The highest BCUT2D eigenvalue weighted by molar-refractivity contribution is 4.92. The van der Waals surface area contributed by atoms with E-state index in [-0.39, 0.29) is 0 Å². The molecule has 0 aromatic rings. The molecule has 3 unspecified atom stereocenters. The van der Waals surface area contributed by atoms with Gasteiger partial charge in [-0.25, -0.2) is 0 Å². The highest BCUT2D eigenvalue weighted by atomic mass is 16.3. The number of rotatable bonds is 6. The van der Waals surface area contributed by atoms with Gasteiger partial charge >= 0.3 is 0 Å². The van der Waals surface area contributed by atoms with Crippen molar-refractivity contribution in [1.82, 2.24) is 4.90 Å². The van der Waals surface area contributed by atoms with Crippen LogP contribution in [0.25, 0.3) is 0 Å². The van der Waals surface area contributed by atoms with Gasteiger partial charge in [0.15, 0.2) is 0 Å². The van der Waals surface area contributed by atoms with Crippen LogP contribution >= 0.6 is 0 Å². The Morgan fingerprint density at radius 1 is 1.44 bits per heavy atom. The molecule has 3 N–H and O–H groups in total. The zero-order valence-electron chi connectivity index (χ0n) is 10.5. The van der Waals surface area contributed by atoms with Gasteiger partial charge in [-0.3, -0.25) is 0 Å². The Balaban J connectivity index is 1.68. The summed E-state index contributed by atoms with van der Waals surface area (Å²) in [6, 6.07) is 0.859. The van der Waals surface area contributed by atoms with Gasteiger partial charge in [0.25, 0.3) is 0 Å². The van der Waals surface area contributed by atoms with Crippen LogP contribution in [0.2, 0.25) is 0 Å². The first kappa shape index (κ1) is 12.3. The molecule has 1 aliphatic heterocycles. The van der Waals surface area contributed by atoms with Gasteiger partial charge in [-0.05, 0) is 51.0 Å². The lowest BCUT2D eigenvalue weighted by atomic mass is 9.94. The van der Waals surface area contributed by atoms with Gasteiger partial charge in [-0.1, -0.05) is 6.92 Å². The lowest BCUT2D eigenvalue weighted by Gasteiger charge is -2.29. The summed E-state index contributed by atoms with van der Waals surface area (Å²) in [4.78, 5) is 2.63. The molecular formula is C13H26N2O. The SMILES string of the molecule is CCC(O)(CN)CCCN1CC2CCC1C2. The van der Waals surface area contributed by atoms with Gasteiger partial charge in [-0.2, -0.15) is 0 Å². The fraction of sp³-hybridized carbons (Fsp3) is 1.00. The second-order valence-corrected chi connectivity index (χ2v) is 5.71. The molecule has 0 aromatic heterocycles. The van der Waals surface area contributed by atoms with Crippen LogP contribution in [0.3, 0.4) is 0 Å². The molecule has 3 heteroatoms. The Labute approximate surface area is 99.0 Å². The van der Waals surface area contributed by atoms with E-state index in [2.05, 4.69) is 4.90 Å². The molecule has 2 aliphatic rings. The Morgan fingerprint density at radius 3 is 2.75 bits per heavy atom. The van der Waals surface area contributed by atoms with Gasteiger partial charge < -0.3 is 15.7 Å². The van der Waals surface area contributed by atoms with Crippen molar-refractivity contribution < 1.29 is 5.11 Å². The van der Waals surface area contributed by atoms with Crippen LogP contribution < -0.4 is 5.73 Å². The molecule has 2 fully saturated rings. The number of nitrogens with two attached hydrogens (primary N) is 1. The fourth-order valence-electron chi connectivity index (χ4n) is 3.33. The minimum Gasteiger partial charge on any atom is -0.389 e. The summed E-state index contributed by atoms with van der Waals surface area (Å²) in [5, 5.41) is 10.1. The number of aliphatic hydroxyl groups is 1. The molecule has 0 radical (unpaired) electrons. The van der Waals surface area contributed by atoms with Crippen molar-refractivity contribution in [3.8, 4) is 0 Å². The molecule has 3 nitrogen and oxygen atoms in total. The number of likely N-dealkylation sites (tertiary alicyclic amines) is 1. The molecule has 0 spiro atoms. The van der Waals surface area contributed by atoms with Crippen LogP contribution in [-0.2, 0) is 0 Å². The quantitative estimate of drug-likeness (QED) is 0.719. The first-order valence-electron chi connectivity index (χ1n) is 6.83.